The number of thiazole rings is 1. The summed E-state index contributed by atoms with van der Waals surface area (Å²) in [5.41, 5.74) is 1.69. The number of nitrogens with zero attached hydrogens (tertiary/aromatic N) is 4. The number of aromatic nitrogens is 3. The first kappa shape index (κ1) is 14.9. The molecule has 0 N–H and O–H groups in total. The second-order valence-corrected chi connectivity index (χ2v) is 8.30. The number of thioether (sulfide) groups is 1. The molecule has 5 nitrogen and oxygen atoms in total. The lowest BCUT2D eigenvalue weighted by atomic mass is 9.99. The van der Waals surface area contributed by atoms with Gasteiger partial charge < -0.3 is 4.90 Å². The third kappa shape index (κ3) is 3.81. The standard InChI is InChI=1S/C13H16N4OS3/c1-9-5-14-12(21-9)10-3-2-4-17(6-10)11(18)7-19-13-16-15-8-20-13/h5,8,10H,2-4,6-7H2,1H3/t10-/m1/s1. The summed E-state index contributed by atoms with van der Waals surface area (Å²) in [6.45, 7) is 3.73. The van der Waals surface area contributed by atoms with Gasteiger partial charge >= 0.3 is 0 Å². The maximum absolute atomic E-state index is 12.3. The fourth-order valence-electron chi connectivity index (χ4n) is 2.41. The van der Waals surface area contributed by atoms with Gasteiger partial charge in [-0.25, -0.2) is 4.98 Å². The molecular formula is C13H16N4OS3. The normalized spacial score (nSPS) is 18.9. The Kier molecular flexibility index (Phi) is 4.87. The lowest BCUT2D eigenvalue weighted by molar-refractivity contribution is -0.129. The monoisotopic (exact) mass is 340 g/mol. The van der Waals surface area contributed by atoms with Gasteiger partial charge in [-0.1, -0.05) is 23.1 Å². The van der Waals surface area contributed by atoms with Gasteiger partial charge in [0.05, 0.1) is 10.8 Å². The molecule has 1 fully saturated rings. The van der Waals surface area contributed by atoms with Gasteiger partial charge in [0.1, 0.15) is 5.51 Å². The smallest absolute Gasteiger partial charge is 0.233 e. The summed E-state index contributed by atoms with van der Waals surface area (Å²) in [7, 11) is 0. The second-order valence-electron chi connectivity index (χ2n) is 4.98. The van der Waals surface area contributed by atoms with Gasteiger partial charge in [0.15, 0.2) is 4.34 Å². The molecule has 0 spiro atoms. The van der Waals surface area contributed by atoms with Crippen LogP contribution in [0, 0.1) is 6.92 Å². The summed E-state index contributed by atoms with van der Waals surface area (Å²) in [6.07, 6.45) is 4.10. The molecule has 1 aliphatic rings. The van der Waals surface area contributed by atoms with Crippen LogP contribution in [0.5, 0.6) is 0 Å². The molecule has 3 rings (SSSR count). The van der Waals surface area contributed by atoms with Crippen LogP contribution in [-0.2, 0) is 4.79 Å². The second kappa shape index (κ2) is 6.85. The first-order chi connectivity index (χ1) is 10.2. The van der Waals surface area contributed by atoms with Crippen LogP contribution in [0.3, 0.4) is 0 Å². The quantitative estimate of drug-likeness (QED) is 0.801. The van der Waals surface area contributed by atoms with Crippen LogP contribution in [0.25, 0.3) is 0 Å². The first-order valence-electron chi connectivity index (χ1n) is 6.81. The van der Waals surface area contributed by atoms with E-state index in [2.05, 4.69) is 22.1 Å². The van der Waals surface area contributed by atoms with Crippen LogP contribution in [0.1, 0.15) is 28.6 Å². The number of amides is 1. The molecule has 8 heteroatoms. The van der Waals surface area contributed by atoms with E-state index in [9.17, 15) is 4.79 Å². The number of likely N-dealkylation sites (tertiary alicyclic amines) is 1. The lowest BCUT2D eigenvalue weighted by Gasteiger charge is -2.31. The van der Waals surface area contributed by atoms with Gasteiger partial charge in [-0.15, -0.1) is 21.5 Å². The largest absolute Gasteiger partial charge is 0.341 e. The molecule has 0 bridgehead atoms. The van der Waals surface area contributed by atoms with Crippen LogP contribution >= 0.6 is 34.4 Å². The topological polar surface area (TPSA) is 59.0 Å². The number of carbonyl (C=O) groups excluding carboxylic acids is 1. The Balaban J connectivity index is 1.56. The maximum Gasteiger partial charge on any atom is 0.233 e. The van der Waals surface area contributed by atoms with E-state index < -0.39 is 0 Å². The lowest BCUT2D eigenvalue weighted by Crippen LogP contribution is -2.40. The van der Waals surface area contributed by atoms with E-state index in [-0.39, 0.29) is 5.91 Å². The zero-order valence-corrected chi connectivity index (χ0v) is 14.1. The molecule has 112 valence electrons. The van der Waals surface area contributed by atoms with Crippen molar-refractivity contribution in [3.05, 3.63) is 21.6 Å². The maximum atomic E-state index is 12.3. The first-order valence-corrected chi connectivity index (χ1v) is 9.49. The Labute approximate surface area is 135 Å². The Morgan fingerprint density at radius 3 is 3.19 bits per heavy atom. The number of rotatable bonds is 4. The summed E-state index contributed by atoms with van der Waals surface area (Å²) in [5.74, 6) is 1.03. The van der Waals surface area contributed by atoms with Crippen molar-refractivity contribution in [3.63, 3.8) is 0 Å². The Hall–Kier alpha value is -0.990. The van der Waals surface area contributed by atoms with Crippen molar-refractivity contribution >= 4 is 40.3 Å². The fourth-order valence-corrected chi connectivity index (χ4v) is 4.70. The highest BCUT2D eigenvalue weighted by molar-refractivity contribution is 8.01. The number of hydrogen-bond acceptors (Lipinski definition) is 7. The average molecular weight is 340 g/mol. The molecule has 1 aliphatic heterocycles. The van der Waals surface area contributed by atoms with Crippen LogP contribution in [-0.4, -0.2) is 44.8 Å². The van der Waals surface area contributed by atoms with Gasteiger partial charge in [0.2, 0.25) is 5.91 Å². The summed E-state index contributed by atoms with van der Waals surface area (Å²) in [4.78, 5) is 20.0. The van der Waals surface area contributed by atoms with Crippen LogP contribution in [0.2, 0.25) is 0 Å². The van der Waals surface area contributed by atoms with E-state index in [1.54, 1.807) is 16.8 Å². The molecule has 0 aliphatic carbocycles. The van der Waals surface area contributed by atoms with Gasteiger partial charge in [0, 0.05) is 30.1 Å². The summed E-state index contributed by atoms with van der Waals surface area (Å²) in [5, 5.41) is 8.90. The van der Waals surface area contributed by atoms with E-state index in [0.29, 0.717) is 11.7 Å². The molecule has 1 saturated heterocycles. The minimum atomic E-state index is 0.188. The van der Waals surface area contributed by atoms with Crippen molar-refractivity contribution in [1.82, 2.24) is 20.1 Å². The van der Waals surface area contributed by atoms with Crippen molar-refractivity contribution in [2.75, 3.05) is 18.8 Å². The molecule has 0 radical (unpaired) electrons. The van der Waals surface area contributed by atoms with Crippen molar-refractivity contribution in [2.45, 2.75) is 30.0 Å². The summed E-state index contributed by atoms with van der Waals surface area (Å²) in [6, 6.07) is 0. The number of piperidine rings is 1. The predicted octanol–water partition coefficient (Wildman–Crippen LogP) is 2.80. The molecule has 21 heavy (non-hydrogen) atoms. The van der Waals surface area contributed by atoms with Gasteiger partial charge in [-0.3, -0.25) is 4.79 Å². The zero-order valence-electron chi connectivity index (χ0n) is 11.7. The van der Waals surface area contributed by atoms with Crippen molar-refractivity contribution in [1.29, 1.82) is 0 Å². The Morgan fingerprint density at radius 2 is 2.48 bits per heavy atom. The zero-order chi connectivity index (χ0) is 14.7. The van der Waals surface area contributed by atoms with E-state index in [1.165, 1.54) is 33.0 Å². The molecule has 0 unspecified atom stereocenters. The van der Waals surface area contributed by atoms with Crippen LogP contribution in [0.15, 0.2) is 16.0 Å². The Bertz CT molecular complexity index is 598. The van der Waals surface area contributed by atoms with Gasteiger partial charge in [0.25, 0.3) is 0 Å². The highest BCUT2D eigenvalue weighted by atomic mass is 32.2. The molecular weight excluding hydrogens is 324 g/mol. The predicted molar refractivity (Wildman–Crippen MR) is 86.0 cm³/mol. The van der Waals surface area contributed by atoms with Crippen molar-refractivity contribution in [3.8, 4) is 0 Å². The summed E-state index contributed by atoms with van der Waals surface area (Å²) < 4.78 is 0.854. The van der Waals surface area contributed by atoms with Gasteiger partial charge in [-0.2, -0.15) is 0 Å². The van der Waals surface area contributed by atoms with E-state index in [4.69, 9.17) is 0 Å². The third-order valence-corrected chi connectivity index (χ3v) is 6.34. The fraction of sp³-hybridized carbons (Fsp3) is 0.538. The van der Waals surface area contributed by atoms with Crippen LogP contribution in [0.4, 0.5) is 0 Å². The number of hydrogen-bond donors (Lipinski definition) is 0. The minimum Gasteiger partial charge on any atom is -0.341 e. The average Bonchev–Trinajstić information content (AvgIpc) is 3.16. The highest BCUT2D eigenvalue weighted by Gasteiger charge is 2.26. The van der Waals surface area contributed by atoms with Crippen LogP contribution < -0.4 is 0 Å². The molecule has 0 aromatic carbocycles. The molecule has 1 atom stereocenters. The molecule has 2 aromatic heterocycles. The van der Waals surface area contributed by atoms with Gasteiger partial charge in [-0.05, 0) is 19.8 Å². The van der Waals surface area contributed by atoms with E-state index in [1.807, 2.05) is 11.1 Å². The third-order valence-electron chi connectivity index (χ3n) is 3.42. The molecule has 0 saturated carbocycles. The molecule has 3 heterocycles. The van der Waals surface area contributed by atoms with E-state index >= 15 is 0 Å². The SMILES string of the molecule is Cc1cnc([C@@H]2CCCN(C(=O)CSc3nncs3)C2)s1. The highest BCUT2D eigenvalue weighted by Crippen LogP contribution is 2.30. The van der Waals surface area contributed by atoms with Crippen molar-refractivity contribution < 1.29 is 4.79 Å². The molecule has 1 amide bonds. The number of aryl methyl sites for hydroxylation is 1. The van der Waals surface area contributed by atoms with E-state index in [0.717, 1.165) is 30.3 Å². The Morgan fingerprint density at radius 1 is 1.57 bits per heavy atom. The minimum absolute atomic E-state index is 0.188. The number of carbonyl (C=O) groups is 1. The molecule has 2 aromatic rings. The van der Waals surface area contributed by atoms with Crippen molar-refractivity contribution in [2.24, 2.45) is 0 Å². The summed E-state index contributed by atoms with van der Waals surface area (Å²) >= 11 is 4.69.